The molecule has 1 aromatic heterocycles. The fourth-order valence-electron chi connectivity index (χ4n) is 5.54. The Bertz CT molecular complexity index is 1570. The van der Waals surface area contributed by atoms with Gasteiger partial charge >= 0.3 is 5.97 Å². The highest BCUT2D eigenvalue weighted by atomic mass is 19.1. The molecule has 2 heterocycles. The number of hydrogen-bond donors (Lipinski definition) is 6. The number of pyridine rings is 1. The quantitative estimate of drug-likeness (QED) is 0.225. The lowest BCUT2D eigenvalue weighted by Crippen LogP contribution is -2.61. The minimum Gasteiger partial charge on any atom is -0.479 e. The molecule has 0 unspecified atom stereocenters. The molecular weight excluding hydrogens is 565 g/mol. The van der Waals surface area contributed by atoms with Crippen LogP contribution in [0.25, 0.3) is 10.9 Å². The second kappa shape index (κ2) is 12.7. The summed E-state index contributed by atoms with van der Waals surface area (Å²) < 4.78 is 27.5. The van der Waals surface area contributed by atoms with Crippen molar-refractivity contribution in [3.8, 4) is 5.75 Å². The molecule has 2 fully saturated rings. The molecule has 2 aliphatic rings. The number of nitrogens with one attached hydrogen (secondary N) is 2. The van der Waals surface area contributed by atoms with E-state index < -0.39 is 53.8 Å². The smallest absolute Gasteiger partial charge is 0.335 e. The van der Waals surface area contributed by atoms with Crippen LogP contribution in [0.4, 0.5) is 15.8 Å². The molecule has 0 radical (unpaired) electrons. The normalized spacial score (nSPS) is 24.4. The summed E-state index contributed by atoms with van der Waals surface area (Å²) in [7, 11) is 0. The summed E-state index contributed by atoms with van der Waals surface area (Å²) in [6.45, 7) is 2.26. The number of hydrogen-bond acceptors (Lipinski definition) is 9. The fraction of sp³-hybridized carbons (Fsp3) is 0.433. The van der Waals surface area contributed by atoms with Gasteiger partial charge in [0.25, 0.3) is 5.91 Å². The minimum atomic E-state index is -1.87. The van der Waals surface area contributed by atoms with E-state index in [4.69, 9.17) is 9.47 Å². The molecule has 5 atom stereocenters. The highest BCUT2D eigenvalue weighted by molar-refractivity contribution is 6.06. The molecule has 5 rings (SSSR count). The van der Waals surface area contributed by atoms with Crippen molar-refractivity contribution in [2.24, 2.45) is 0 Å². The van der Waals surface area contributed by atoms with Gasteiger partial charge in [0.1, 0.15) is 35.4 Å². The van der Waals surface area contributed by atoms with Gasteiger partial charge in [-0.3, -0.25) is 9.59 Å². The SMILES string of the molecule is CCn1cc(C(=O)Nc2cccc(O[C@@H]3O[C@H](C(=O)O)[C@@H](O)[C@H](O)[C@H]3O)c2)c(=O)c2cc(F)c(NC3CCCCC3)cc21. The third kappa shape index (κ3) is 6.34. The van der Waals surface area contributed by atoms with Crippen molar-refractivity contribution in [3.63, 3.8) is 0 Å². The Kier molecular flexibility index (Phi) is 8.97. The van der Waals surface area contributed by atoms with Gasteiger partial charge in [0.05, 0.1) is 11.2 Å². The lowest BCUT2D eigenvalue weighted by molar-refractivity contribution is -0.271. The first-order valence-corrected chi connectivity index (χ1v) is 14.2. The standard InChI is InChI=1S/C30H34FN3O9/c1-2-34-14-19(23(35)18-12-20(31)21(13-22(18)34)32-15-7-4-3-5-8-15)28(39)33-16-9-6-10-17(11-16)42-30-26(38)24(36)25(37)27(43-30)29(40)41/h6,9-15,24-27,30,32,36-38H,2-5,7-8H2,1H3,(H,33,39)(H,40,41)/t24-,25-,26+,27-,30+/m0/s1. The number of carboxylic acid groups (broad SMARTS) is 1. The summed E-state index contributed by atoms with van der Waals surface area (Å²) in [5.74, 6) is -2.86. The molecule has 0 bridgehead atoms. The number of amides is 1. The van der Waals surface area contributed by atoms with Crippen molar-refractivity contribution in [3.05, 3.63) is 64.2 Å². The number of fused-ring (bicyclic) bond motifs is 1. The number of anilines is 2. The molecule has 1 saturated carbocycles. The molecular formula is C30H34FN3O9. The molecule has 0 spiro atoms. The van der Waals surface area contributed by atoms with Crippen LogP contribution in [0.15, 0.2) is 47.4 Å². The highest BCUT2D eigenvalue weighted by Crippen LogP contribution is 2.28. The maximum absolute atomic E-state index is 15.1. The number of rotatable bonds is 8. The molecule has 13 heteroatoms. The Morgan fingerprint density at radius 2 is 1.81 bits per heavy atom. The Hall–Kier alpha value is -4.04. The number of aromatic nitrogens is 1. The molecule has 43 heavy (non-hydrogen) atoms. The lowest BCUT2D eigenvalue weighted by atomic mass is 9.95. The van der Waals surface area contributed by atoms with Gasteiger partial charge in [0, 0.05) is 35.9 Å². The van der Waals surface area contributed by atoms with E-state index in [0.29, 0.717) is 17.7 Å². The van der Waals surface area contributed by atoms with E-state index in [0.717, 1.165) is 38.2 Å². The summed E-state index contributed by atoms with van der Waals surface area (Å²) in [6.07, 6.45) is -2.34. The first-order valence-electron chi connectivity index (χ1n) is 14.2. The highest BCUT2D eigenvalue weighted by Gasteiger charge is 2.48. The average molecular weight is 600 g/mol. The minimum absolute atomic E-state index is 0.0270. The molecule has 6 N–H and O–H groups in total. The monoisotopic (exact) mass is 599 g/mol. The van der Waals surface area contributed by atoms with Crippen LogP contribution in [0.3, 0.4) is 0 Å². The van der Waals surface area contributed by atoms with E-state index in [1.54, 1.807) is 10.6 Å². The van der Waals surface area contributed by atoms with Gasteiger partial charge in [0.2, 0.25) is 11.7 Å². The van der Waals surface area contributed by atoms with Gasteiger partial charge in [-0.2, -0.15) is 0 Å². The molecule has 1 aliphatic carbocycles. The number of aliphatic hydroxyl groups is 3. The number of ether oxygens (including phenoxy) is 2. The van der Waals surface area contributed by atoms with Crippen LogP contribution >= 0.6 is 0 Å². The molecule has 12 nitrogen and oxygen atoms in total. The van der Waals surface area contributed by atoms with E-state index >= 15 is 4.39 Å². The molecule has 2 aromatic carbocycles. The zero-order chi connectivity index (χ0) is 30.8. The topological polar surface area (TPSA) is 180 Å². The second-order valence-corrected chi connectivity index (χ2v) is 10.8. The van der Waals surface area contributed by atoms with Crippen LogP contribution in [0, 0.1) is 5.82 Å². The zero-order valence-corrected chi connectivity index (χ0v) is 23.4. The third-order valence-corrected chi connectivity index (χ3v) is 7.88. The van der Waals surface area contributed by atoms with Gasteiger partial charge < -0.3 is 45.1 Å². The summed E-state index contributed by atoms with van der Waals surface area (Å²) >= 11 is 0. The van der Waals surface area contributed by atoms with E-state index in [1.807, 2.05) is 6.92 Å². The van der Waals surface area contributed by atoms with Crippen LogP contribution in [0.2, 0.25) is 0 Å². The average Bonchev–Trinajstić information content (AvgIpc) is 2.99. The van der Waals surface area contributed by atoms with Crippen LogP contribution in [0.1, 0.15) is 49.4 Å². The largest absolute Gasteiger partial charge is 0.479 e. The third-order valence-electron chi connectivity index (χ3n) is 7.88. The first kappa shape index (κ1) is 30.4. The van der Waals surface area contributed by atoms with Crippen LogP contribution in [0.5, 0.6) is 5.75 Å². The molecule has 1 amide bonds. The molecule has 1 aliphatic heterocycles. The Balaban J connectivity index is 1.36. The summed E-state index contributed by atoms with van der Waals surface area (Å²) in [4.78, 5) is 38.0. The number of aryl methyl sites for hydroxylation is 1. The number of aliphatic hydroxyl groups excluding tert-OH is 3. The Labute approximate surface area is 245 Å². The Morgan fingerprint density at radius 3 is 2.51 bits per heavy atom. The predicted molar refractivity (Wildman–Crippen MR) is 154 cm³/mol. The number of aliphatic carboxylic acids is 1. The van der Waals surface area contributed by atoms with Crippen molar-refractivity contribution in [2.75, 3.05) is 10.6 Å². The number of carbonyl (C=O) groups excluding carboxylic acids is 1. The van der Waals surface area contributed by atoms with Gasteiger partial charge in [-0.05, 0) is 44.0 Å². The maximum Gasteiger partial charge on any atom is 0.335 e. The van der Waals surface area contributed by atoms with Crippen LogP contribution in [-0.2, 0) is 16.1 Å². The van der Waals surface area contributed by atoms with E-state index in [1.165, 1.54) is 30.5 Å². The van der Waals surface area contributed by atoms with E-state index in [9.17, 15) is 34.8 Å². The molecule has 3 aromatic rings. The van der Waals surface area contributed by atoms with E-state index in [2.05, 4.69) is 10.6 Å². The van der Waals surface area contributed by atoms with Gasteiger partial charge in [0.15, 0.2) is 6.10 Å². The summed E-state index contributed by atoms with van der Waals surface area (Å²) in [5, 5.41) is 45.3. The maximum atomic E-state index is 15.1. The number of nitrogens with zero attached hydrogens (tertiary/aromatic N) is 1. The zero-order valence-electron chi connectivity index (χ0n) is 23.4. The molecule has 1 saturated heterocycles. The van der Waals surface area contributed by atoms with Crippen molar-refractivity contribution < 1.29 is 43.9 Å². The van der Waals surface area contributed by atoms with Gasteiger partial charge in [-0.25, -0.2) is 9.18 Å². The lowest BCUT2D eigenvalue weighted by Gasteiger charge is -2.38. The summed E-state index contributed by atoms with van der Waals surface area (Å²) in [6, 6.07) is 8.69. The van der Waals surface area contributed by atoms with E-state index in [-0.39, 0.29) is 28.4 Å². The van der Waals surface area contributed by atoms with Crippen molar-refractivity contribution in [1.82, 2.24) is 4.57 Å². The summed E-state index contributed by atoms with van der Waals surface area (Å²) in [5.41, 5.74) is 0.152. The number of benzene rings is 2. The number of carbonyl (C=O) groups is 2. The number of carboxylic acids is 1. The Morgan fingerprint density at radius 1 is 1.07 bits per heavy atom. The second-order valence-electron chi connectivity index (χ2n) is 10.8. The number of halogens is 1. The van der Waals surface area contributed by atoms with Crippen LogP contribution < -0.4 is 20.8 Å². The van der Waals surface area contributed by atoms with Crippen molar-refractivity contribution in [2.45, 2.75) is 82.3 Å². The van der Waals surface area contributed by atoms with Crippen molar-refractivity contribution in [1.29, 1.82) is 0 Å². The van der Waals surface area contributed by atoms with Crippen LogP contribution in [-0.4, -0.2) is 73.6 Å². The fourth-order valence-corrected chi connectivity index (χ4v) is 5.54. The predicted octanol–water partition coefficient (Wildman–Crippen LogP) is 2.43. The first-order chi connectivity index (χ1) is 20.6. The van der Waals surface area contributed by atoms with Gasteiger partial charge in [-0.1, -0.05) is 25.3 Å². The van der Waals surface area contributed by atoms with Crippen molar-refractivity contribution >= 4 is 34.2 Å². The molecule has 230 valence electrons. The van der Waals surface area contributed by atoms with Gasteiger partial charge in [-0.15, -0.1) is 0 Å².